The summed E-state index contributed by atoms with van der Waals surface area (Å²) in [5.41, 5.74) is 6.45. The molecule has 0 saturated heterocycles. The highest BCUT2D eigenvalue weighted by Crippen LogP contribution is 2.26. The van der Waals surface area contributed by atoms with Gasteiger partial charge >= 0.3 is 0 Å². The maximum Gasteiger partial charge on any atom is 0.244 e. The molecule has 120 valence electrons. The third-order valence-corrected chi connectivity index (χ3v) is 6.26. The third-order valence-electron chi connectivity index (χ3n) is 3.37. The molecule has 0 amide bonds. The molecule has 1 aromatic rings. The van der Waals surface area contributed by atoms with E-state index < -0.39 is 10.0 Å². The van der Waals surface area contributed by atoms with Crippen molar-refractivity contribution in [3.8, 4) is 0 Å². The van der Waals surface area contributed by atoms with Gasteiger partial charge in [0.2, 0.25) is 10.0 Å². The number of hydrogen-bond donors (Lipinski definition) is 1. The van der Waals surface area contributed by atoms with Gasteiger partial charge in [0.05, 0.1) is 4.90 Å². The molecule has 0 saturated carbocycles. The Morgan fingerprint density at radius 2 is 1.71 bits per heavy atom. The molecule has 1 aromatic carbocycles. The molecule has 2 N–H and O–H groups in total. The summed E-state index contributed by atoms with van der Waals surface area (Å²) in [5.74, 6) is 0. The van der Waals surface area contributed by atoms with Crippen molar-refractivity contribution >= 4 is 26.0 Å². The molecule has 1 rings (SSSR count). The zero-order valence-electron chi connectivity index (χ0n) is 12.8. The number of rotatable bonds is 9. The number of sulfonamides is 1. The van der Waals surface area contributed by atoms with E-state index in [1.54, 1.807) is 16.4 Å². The van der Waals surface area contributed by atoms with Gasteiger partial charge in [-0.05, 0) is 46.5 Å². The summed E-state index contributed by atoms with van der Waals surface area (Å²) in [6, 6.07) is 5.27. The lowest BCUT2D eigenvalue weighted by molar-refractivity contribution is 0.395. The van der Waals surface area contributed by atoms with Crippen molar-refractivity contribution in [2.45, 2.75) is 51.0 Å². The summed E-state index contributed by atoms with van der Waals surface area (Å²) < 4.78 is 28.0. The fraction of sp³-hybridized carbons (Fsp3) is 0.600. The lowest BCUT2D eigenvalue weighted by atomic mass is 10.2. The fourth-order valence-electron chi connectivity index (χ4n) is 2.03. The van der Waals surface area contributed by atoms with Gasteiger partial charge in [-0.25, -0.2) is 8.42 Å². The van der Waals surface area contributed by atoms with E-state index in [0.717, 1.165) is 31.2 Å². The van der Waals surface area contributed by atoms with Crippen molar-refractivity contribution in [3.05, 3.63) is 28.2 Å². The van der Waals surface area contributed by atoms with E-state index in [2.05, 4.69) is 29.8 Å². The molecule has 0 aliphatic carbocycles. The Labute approximate surface area is 136 Å². The zero-order chi connectivity index (χ0) is 15.9. The second-order valence-electron chi connectivity index (χ2n) is 5.08. The normalized spacial score (nSPS) is 12.0. The van der Waals surface area contributed by atoms with Crippen LogP contribution < -0.4 is 5.73 Å². The minimum atomic E-state index is -3.48. The van der Waals surface area contributed by atoms with Crippen LogP contribution in [0, 0.1) is 0 Å². The summed E-state index contributed by atoms with van der Waals surface area (Å²) >= 11 is 3.35. The molecule has 21 heavy (non-hydrogen) atoms. The largest absolute Gasteiger partial charge is 0.326 e. The van der Waals surface area contributed by atoms with Crippen molar-refractivity contribution in [2.24, 2.45) is 5.73 Å². The van der Waals surface area contributed by atoms with Crippen LogP contribution in [0.2, 0.25) is 0 Å². The van der Waals surface area contributed by atoms with Crippen LogP contribution in [0.25, 0.3) is 0 Å². The zero-order valence-corrected chi connectivity index (χ0v) is 15.2. The highest BCUT2D eigenvalue weighted by atomic mass is 79.9. The van der Waals surface area contributed by atoms with Crippen LogP contribution in [-0.4, -0.2) is 25.8 Å². The van der Waals surface area contributed by atoms with E-state index >= 15 is 0 Å². The molecular formula is C15H25BrN2O2S. The molecule has 0 aromatic heterocycles. The Morgan fingerprint density at radius 3 is 2.19 bits per heavy atom. The van der Waals surface area contributed by atoms with Crippen molar-refractivity contribution in [1.29, 1.82) is 0 Å². The van der Waals surface area contributed by atoms with Gasteiger partial charge in [-0.3, -0.25) is 0 Å². The highest BCUT2D eigenvalue weighted by molar-refractivity contribution is 9.10. The SMILES string of the molecule is CCCCN(CCCC)S(=O)(=O)c1cc(CN)ccc1Br. The molecule has 0 bridgehead atoms. The molecule has 0 radical (unpaired) electrons. The van der Waals surface area contributed by atoms with Crippen LogP contribution in [0.4, 0.5) is 0 Å². The van der Waals surface area contributed by atoms with Gasteiger partial charge in [0.25, 0.3) is 0 Å². The lowest BCUT2D eigenvalue weighted by Gasteiger charge is -2.23. The topological polar surface area (TPSA) is 63.4 Å². The van der Waals surface area contributed by atoms with Crippen LogP contribution in [0.15, 0.2) is 27.6 Å². The average Bonchev–Trinajstić information content (AvgIpc) is 2.47. The van der Waals surface area contributed by atoms with E-state index in [-0.39, 0.29) is 0 Å². The maximum absolute atomic E-state index is 12.9. The van der Waals surface area contributed by atoms with E-state index in [1.807, 2.05) is 6.07 Å². The Morgan fingerprint density at radius 1 is 1.14 bits per heavy atom. The number of nitrogens with zero attached hydrogens (tertiary/aromatic N) is 1. The quantitative estimate of drug-likeness (QED) is 0.717. The van der Waals surface area contributed by atoms with Crippen molar-refractivity contribution in [1.82, 2.24) is 4.31 Å². The van der Waals surface area contributed by atoms with Gasteiger partial charge in [-0.15, -0.1) is 0 Å². The third kappa shape index (κ3) is 5.06. The lowest BCUT2D eigenvalue weighted by Crippen LogP contribution is -2.33. The summed E-state index contributed by atoms with van der Waals surface area (Å²) in [5, 5.41) is 0. The molecular weight excluding hydrogens is 352 g/mol. The van der Waals surface area contributed by atoms with Crippen LogP contribution in [-0.2, 0) is 16.6 Å². The number of nitrogens with two attached hydrogens (primary N) is 1. The molecule has 0 unspecified atom stereocenters. The van der Waals surface area contributed by atoms with Gasteiger partial charge in [0.15, 0.2) is 0 Å². The van der Waals surface area contributed by atoms with E-state index in [1.165, 1.54) is 0 Å². The molecule has 6 heteroatoms. The summed E-state index contributed by atoms with van der Waals surface area (Å²) in [6.07, 6.45) is 3.69. The summed E-state index contributed by atoms with van der Waals surface area (Å²) in [6.45, 7) is 5.60. The molecule has 0 atom stereocenters. The Hall–Kier alpha value is -0.430. The standard InChI is InChI=1S/C15H25BrN2O2S/c1-3-5-9-18(10-6-4-2)21(19,20)15-11-13(12-17)7-8-14(15)16/h7-8,11H,3-6,9-10,12,17H2,1-2H3. The smallest absolute Gasteiger partial charge is 0.244 e. The van der Waals surface area contributed by atoms with Crippen molar-refractivity contribution in [2.75, 3.05) is 13.1 Å². The van der Waals surface area contributed by atoms with Crippen LogP contribution >= 0.6 is 15.9 Å². The first kappa shape index (κ1) is 18.6. The van der Waals surface area contributed by atoms with Crippen molar-refractivity contribution < 1.29 is 8.42 Å². The first-order valence-electron chi connectivity index (χ1n) is 7.46. The Bertz CT molecular complexity index is 539. The minimum Gasteiger partial charge on any atom is -0.326 e. The molecule has 0 aliphatic rings. The second-order valence-corrected chi connectivity index (χ2v) is 7.84. The molecule has 0 heterocycles. The second kappa shape index (κ2) is 8.88. The molecule has 0 fully saturated rings. The van der Waals surface area contributed by atoms with Crippen LogP contribution in [0.5, 0.6) is 0 Å². The summed E-state index contributed by atoms with van der Waals surface area (Å²) in [4.78, 5) is 0.317. The van der Waals surface area contributed by atoms with Gasteiger partial charge in [-0.2, -0.15) is 4.31 Å². The predicted molar refractivity (Wildman–Crippen MR) is 90.6 cm³/mol. The monoisotopic (exact) mass is 376 g/mol. The van der Waals surface area contributed by atoms with Gasteiger partial charge < -0.3 is 5.73 Å². The number of unbranched alkanes of at least 4 members (excludes halogenated alkanes) is 2. The van der Waals surface area contributed by atoms with Gasteiger partial charge in [0, 0.05) is 24.1 Å². The number of hydrogen-bond acceptors (Lipinski definition) is 3. The van der Waals surface area contributed by atoms with Crippen LogP contribution in [0.1, 0.15) is 45.1 Å². The first-order valence-corrected chi connectivity index (χ1v) is 9.69. The predicted octanol–water partition coefficient (Wildman–Crippen LogP) is 3.50. The van der Waals surface area contributed by atoms with E-state index in [4.69, 9.17) is 5.73 Å². The number of halogens is 1. The van der Waals surface area contributed by atoms with E-state index in [9.17, 15) is 8.42 Å². The Balaban J connectivity index is 3.14. The molecule has 4 nitrogen and oxygen atoms in total. The summed E-state index contributed by atoms with van der Waals surface area (Å²) in [7, 11) is -3.48. The fourth-order valence-corrected chi connectivity index (χ4v) is 4.52. The Kier molecular flexibility index (Phi) is 7.87. The minimum absolute atomic E-state index is 0.317. The first-order chi connectivity index (χ1) is 9.97. The average molecular weight is 377 g/mol. The van der Waals surface area contributed by atoms with Crippen molar-refractivity contribution in [3.63, 3.8) is 0 Å². The van der Waals surface area contributed by atoms with Gasteiger partial charge in [0.1, 0.15) is 0 Å². The molecule has 0 spiro atoms. The van der Waals surface area contributed by atoms with Crippen LogP contribution in [0.3, 0.4) is 0 Å². The highest BCUT2D eigenvalue weighted by Gasteiger charge is 2.25. The maximum atomic E-state index is 12.9. The van der Waals surface area contributed by atoms with E-state index in [0.29, 0.717) is 29.0 Å². The number of benzene rings is 1. The molecule has 0 aliphatic heterocycles. The van der Waals surface area contributed by atoms with Gasteiger partial charge in [-0.1, -0.05) is 32.8 Å².